The Hall–Kier alpha value is -0.460. The van der Waals surface area contributed by atoms with Gasteiger partial charge in [0.1, 0.15) is 0 Å². The summed E-state index contributed by atoms with van der Waals surface area (Å²) in [6.45, 7) is 5.39. The van der Waals surface area contributed by atoms with Crippen LogP contribution < -0.4 is 5.32 Å². The Balaban J connectivity index is 2.77. The zero-order valence-corrected chi connectivity index (χ0v) is 7.19. The molecule has 0 unspecified atom stereocenters. The van der Waals surface area contributed by atoms with E-state index in [1.807, 2.05) is 19.2 Å². The van der Waals surface area contributed by atoms with Gasteiger partial charge in [0, 0.05) is 6.54 Å². The van der Waals surface area contributed by atoms with Crippen LogP contribution in [0.25, 0.3) is 0 Å². The predicted molar refractivity (Wildman–Crippen MR) is 47.0 cm³/mol. The lowest BCUT2D eigenvalue weighted by molar-refractivity contribution is 0.645. The van der Waals surface area contributed by atoms with E-state index in [-0.39, 0.29) is 0 Å². The van der Waals surface area contributed by atoms with Gasteiger partial charge >= 0.3 is 0 Å². The van der Waals surface area contributed by atoms with Crippen LogP contribution in [0.4, 0.5) is 0 Å². The zero-order valence-electron chi connectivity index (χ0n) is 7.19. The zero-order chi connectivity index (χ0) is 7.66. The lowest BCUT2D eigenvalue weighted by Gasteiger charge is -1.98. The van der Waals surface area contributed by atoms with Gasteiger partial charge in [0.2, 0.25) is 0 Å². The minimum atomic E-state index is 1.13. The molecule has 0 aromatic carbocycles. The average molecular weight is 141 g/mol. The number of rotatable bonds is 6. The molecule has 0 aromatic heterocycles. The summed E-state index contributed by atoms with van der Waals surface area (Å²) in [7, 11) is 0. The van der Waals surface area contributed by atoms with Crippen molar-refractivity contribution in [1.82, 2.24) is 5.32 Å². The highest BCUT2D eigenvalue weighted by Gasteiger charge is 1.83. The van der Waals surface area contributed by atoms with Gasteiger partial charge in [0.05, 0.1) is 0 Å². The molecule has 1 heteroatoms. The molecule has 0 atom stereocenters. The van der Waals surface area contributed by atoms with E-state index in [0.29, 0.717) is 0 Å². The fourth-order valence-electron chi connectivity index (χ4n) is 0.855. The molecule has 0 saturated carbocycles. The first kappa shape index (κ1) is 9.54. The number of hydrogen-bond acceptors (Lipinski definition) is 1. The normalized spacial score (nSPS) is 10.6. The van der Waals surface area contributed by atoms with Gasteiger partial charge in [0.25, 0.3) is 0 Å². The molecule has 0 amide bonds. The third-order valence-electron chi connectivity index (χ3n) is 1.46. The van der Waals surface area contributed by atoms with Crippen molar-refractivity contribution in [1.29, 1.82) is 0 Å². The van der Waals surface area contributed by atoms with Crippen molar-refractivity contribution in [3.8, 4) is 0 Å². The van der Waals surface area contributed by atoms with Gasteiger partial charge in [-0.2, -0.15) is 0 Å². The molecule has 10 heavy (non-hydrogen) atoms. The average Bonchev–Trinajstić information content (AvgIpc) is 1.97. The lowest BCUT2D eigenvalue weighted by atomic mass is 10.2. The van der Waals surface area contributed by atoms with E-state index in [0.717, 1.165) is 6.54 Å². The van der Waals surface area contributed by atoms with Gasteiger partial charge in [-0.3, -0.25) is 0 Å². The van der Waals surface area contributed by atoms with Crippen LogP contribution in [-0.4, -0.2) is 6.54 Å². The summed E-state index contributed by atoms with van der Waals surface area (Å²) in [6.07, 6.45) is 9.39. The monoisotopic (exact) mass is 141 g/mol. The lowest BCUT2D eigenvalue weighted by Crippen LogP contribution is -2.05. The Kier molecular flexibility index (Phi) is 8.15. The fraction of sp³-hybridized carbons (Fsp3) is 0.778. The highest BCUT2D eigenvalue weighted by molar-refractivity contribution is 4.73. The summed E-state index contributed by atoms with van der Waals surface area (Å²) in [4.78, 5) is 0. The first-order valence-corrected chi connectivity index (χ1v) is 4.26. The van der Waals surface area contributed by atoms with E-state index in [4.69, 9.17) is 0 Å². The number of hydrogen-bond donors (Lipinski definition) is 1. The van der Waals surface area contributed by atoms with Gasteiger partial charge in [-0.15, -0.1) is 0 Å². The smallest absolute Gasteiger partial charge is 0.0141 e. The molecule has 0 bridgehead atoms. The van der Waals surface area contributed by atoms with Crippen LogP contribution in [0.3, 0.4) is 0 Å². The van der Waals surface area contributed by atoms with Crippen LogP contribution >= 0.6 is 0 Å². The molecule has 0 saturated heterocycles. The molecule has 0 heterocycles. The Morgan fingerprint density at radius 2 is 2.00 bits per heavy atom. The third-order valence-corrected chi connectivity index (χ3v) is 1.46. The Morgan fingerprint density at radius 3 is 2.60 bits per heavy atom. The largest absolute Gasteiger partial charge is 0.391 e. The quantitative estimate of drug-likeness (QED) is 0.561. The van der Waals surface area contributed by atoms with Gasteiger partial charge in [-0.25, -0.2) is 0 Å². The minimum absolute atomic E-state index is 1.13. The summed E-state index contributed by atoms with van der Waals surface area (Å²) in [5.41, 5.74) is 0. The summed E-state index contributed by atoms with van der Waals surface area (Å²) < 4.78 is 0. The number of nitrogens with one attached hydrogen (secondary N) is 1. The van der Waals surface area contributed by atoms with E-state index in [9.17, 15) is 0 Å². The summed E-state index contributed by atoms with van der Waals surface area (Å²) in [5.74, 6) is 0. The molecule has 0 aliphatic rings. The number of unbranched alkanes of at least 4 members (excludes halogenated alkanes) is 3. The molecule has 0 aliphatic heterocycles. The number of allylic oxidation sites excluding steroid dienone is 1. The second-order valence-electron chi connectivity index (χ2n) is 2.51. The summed E-state index contributed by atoms with van der Waals surface area (Å²) in [5, 5.41) is 3.21. The van der Waals surface area contributed by atoms with Crippen molar-refractivity contribution in [3.63, 3.8) is 0 Å². The van der Waals surface area contributed by atoms with Crippen LogP contribution in [0.2, 0.25) is 0 Å². The molecule has 0 fully saturated rings. The van der Waals surface area contributed by atoms with Crippen molar-refractivity contribution in [2.45, 2.75) is 39.5 Å². The highest BCUT2D eigenvalue weighted by Crippen LogP contribution is 1.96. The Labute approximate surface area is 64.5 Å². The third kappa shape index (κ3) is 7.54. The predicted octanol–water partition coefficient (Wildman–Crippen LogP) is 2.69. The van der Waals surface area contributed by atoms with Crippen molar-refractivity contribution < 1.29 is 0 Å². The molecule has 0 rings (SSSR count). The molecule has 60 valence electrons. The second-order valence-corrected chi connectivity index (χ2v) is 2.51. The van der Waals surface area contributed by atoms with Crippen molar-refractivity contribution in [2.75, 3.05) is 6.54 Å². The highest BCUT2D eigenvalue weighted by atomic mass is 14.8. The van der Waals surface area contributed by atoms with E-state index in [1.165, 1.54) is 25.7 Å². The first-order chi connectivity index (χ1) is 4.91. The maximum atomic E-state index is 3.21. The van der Waals surface area contributed by atoms with Crippen LogP contribution in [-0.2, 0) is 0 Å². The topological polar surface area (TPSA) is 12.0 Å². The van der Waals surface area contributed by atoms with Crippen LogP contribution in [0, 0.1) is 0 Å². The second kappa shape index (κ2) is 8.54. The van der Waals surface area contributed by atoms with Crippen LogP contribution in [0.15, 0.2) is 12.3 Å². The molecule has 0 spiro atoms. The maximum absolute atomic E-state index is 3.21. The standard InChI is InChI=1S/C9H19N/c1-3-5-6-7-9-10-8-4-2/h4,8,10H,3,5-7,9H2,1-2H3/b8-4-. The van der Waals surface area contributed by atoms with E-state index in [1.54, 1.807) is 0 Å². The van der Waals surface area contributed by atoms with Gasteiger partial charge in [-0.1, -0.05) is 32.3 Å². The van der Waals surface area contributed by atoms with E-state index in [2.05, 4.69) is 12.2 Å². The Morgan fingerprint density at radius 1 is 1.20 bits per heavy atom. The van der Waals surface area contributed by atoms with Gasteiger partial charge in [0.15, 0.2) is 0 Å². The molecule has 1 nitrogen and oxygen atoms in total. The molecular weight excluding hydrogens is 122 g/mol. The van der Waals surface area contributed by atoms with Crippen molar-refractivity contribution in [3.05, 3.63) is 12.3 Å². The SMILES string of the molecule is C/C=C\NCCCCCC. The van der Waals surface area contributed by atoms with Crippen LogP contribution in [0.1, 0.15) is 39.5 Å². The van der Waals surface area contributed by atoms with Crippen molar-refractivity contribution >= 4 is 0 Å². The Bertz CT molecular complexity index is 76.8. The van der Waals surface area contributed by atoms with E-state index < -0.39 is 0 Å². The molecule has 0 aliphatic carbocycles. The van der Waals surface area contributed by atoms with Crippen LogP contribution in [0.5, 0.6) is 0 Å². The summed E-state index contributed by atoms with van der Waals surface area (Å²) >= 11 is 0. The summed E-state index contributed by atoms with van der Waals surface area (Å²) in [6, 6.07) is 0. The van der Waals surface area contributed by atoms with E-state index >= 15 is 0 Å². The maximum Gasteiger partial charge on any atom is 0.0141 e. The fourth-order valence-corrected chi connectivity index (χ4v) is 0.855. The molecular formula is C9H19N. The molecule has 1 N–H and O–H groups in total. The molecule has 0 radical (unpaired) electrons. The first-order valence-electron chi connectivity index (χ1n) is 4.26. The van der Waals surface area contributed by atoms with Gasteiger partial charge in [-0.05, 0) is 19.5 Å². The van der Waals surface area contributed by atoms with Crippen molar-refractivity contribution in [2.24, 2.45) is 0 Å². The molecule has 0 aromatic rings. The van der Waals surface area contributed by atoms with Gasteiger partial charge < -0.3 is 5.32 Å². The minimum Gasteiger partial charge on any atom is -0.391 e.